The molecular weight excluding hydrogens is 1560 g/mol. The van der Waals surface area contributed by atoms with Crippen molar-refractivity contribution in [2.45, 2.75) is 53.2 Å². The predicted molar refractivity (Wildman–Crippen MR) is 188 cm³/mol. The van der Waals surface area contributed by atoms with Gasteiger partial charge in [0.15, 0.2) is 0 Å². The van der Waals surface area contributed by atoms with Crippen LogP contribution in [0.4, 0.5) is 27.8 Å². The first-order chi connectivity index (χ1) is 22.6. The van der Waals surface area contributed by atoms with Crippen molar-refractivity contribution in [2.75, 3.05) is 42.7 Å². The second kappa shape index (κ2) is 22.3. The molecule has 13 nitrogen and oxygen atoms in total. The van der Waals surface area contributed by atoms with Crippen molar-refractivity contribution >= 4 is 52.0 Å². The Kier molecular flexibility index (Phi) is 21.8. The maximum absolute atomic E-state index is 13.2. The van der Waals surface area contributed by atoms with Crippen molar-refractivity contribution in [1.29, 1.82) is 0 Å². The summed E-state index contributed by atoms with van der Waals surface area (Å²) in [6.45, 7) is 15.4. The molecule has 0 saturated heterocycles. The molecule has 0 aliphatic rings. The minimum Gasteiger partial charge on any atom is -0.459 e. The number of aromatic nitrogens is 4. The Morgan fingerprint density at radius 2 is 1.71 bits per heavy atom. The van der Waals surface area contributed by atoms with Crippen molar-refractivity contribution in [3.8, 4) is 11.3 Å². The van der Waals surface area contributed by atoms with Gasteiger partial charge < -0.3 is 34.5 Å². The van der Waals surface area contributed by atoms with Gasteiger partial charge in [0.05, 0.1) is 23.2 Å². The Labute approximate surface area is 400 Å². The Bertz CT molecular complexity index is 1860. The van der Waals surface area contributed by atoms with Crippen LogP contribution in [-0.2, 0) is 21.3 Å². The molecule has 0 aliphatic carbocycles. The molecular formula is C35H44N8O5U4. The number of amides is 2. The molecule has 2 amide bonds. The van der Waals surface area contributed by atoms with E-state index in [1.807, 2.05) is 75.7 Å². The molecule has 0 spiro atoms. The number of esters is 1. The summed E-state index contributed by atoms with van der Waals surface area (Å²) in [7, 11) is 5.43. The maximum atomic E-state index is 13.2. The van der Waals surface area contributed by atoms with E-state index in [1.165, 1.54) is 17.2 Å². The third-order valence-electron chi connectivity index (χ3n) is 7.26. The summed E-state index contributed by atoms with van der Waals surface area (Å²) in [6.07, 6.45) is 5.46. The fourth-order valence-corrected chi connectivity index (χ4v) is 4.87. The minimum absolute atomic E-state index is 0. The third kappa shape index (κ3) is 13.5. The van der Waals surface area contributed by atoms with Gasteiger partial charge in [0.25, 0.3) is 0 Å². The number of ether oxygens (including phenoxy) is 2. The van der Waals surface area contributed by atoms with E-state index in [0.29, 0.717) is 35.7 Å². The van der Waals surface area contributed by atoms with Gasteiger partial charge in [-0.1, -0.05) is 6.58 Å². The van der Waals surface area contributed by atoms with Crippen LogP contribution in [0.1, 0.15) is 50.5 Å². The number of hydrogen-bond donors (Lipinski definition) is 2. The van der Waals surface area contributed by atoms with Crippen LogP contribution in [0.15, 0.2) is 55.5 Å². The first-order valence-corrected chi connectivity index (χ1v) is 15.6. The number of carbonyl (C=O) groups is 3. The quantitative estimate of drug-likeness (QED) is 0.134. The summed E-state index contributed by atoms with van der Waals surface area (Å²) in [5.41, 5.74) is 4.13. The molecule has 4 aromatic rings. The van der Waals surface area contributed by atoms with Crippen molar-refractivity contribution in [3.63, 3.8) is 0 Å². The maximum Gasteiger partial charge on any atom is 0.410 e. The van der Waals surface area contributed by atoms with E-state index in [2.05, 4.69) is 27.2 Å². The third-order valence-corrected chi connectivity index (χ3v) is 7.26. The van der Waals surface area contributed by atoms with Gasteiger partial charge in [-0.15, -0.1) is 0 Å². The first-order valence-electron chi connectivity index (χ1n) is 15.6. The summed E-state index contributed by atoms with van der Waals surface area (Å²) in [5, 5.41) is 6.97. The zero-order valence-corrected chi connectivity index (χ0v) is 47.7. The number of nitrogens with one attached hydrogen (secondary N) is 2. The Hall–Kier alpha value is -1.25. The van der Waals surface area contributed by atoms with Gasteiger partial charge in [-0.2, -0.15) is 0 Å². The smallest absolute Gasteiger partial charge is 0.410 e. The number of benzene rings is 1. The average molecular weight is 1610 g/mol. The van der Waals surface area contributed by atoms with Gasteiger partial charge in [-0.25, -0.2) is 24.5 Å². The first kappa shape index (κ1) is 50.7. The number of hydrogen-bond acceptors (Lipinski definition) is 10. The van der Waals surface area contributed by atoms with E-state index in [1.54, 1.807) is 33.2 Å². The number of aryl methyl sites for hydroxylation is 2. The Morgan fingerprint density at radius 1 is 1.04 bits per heavy atom. The SMILES string of the molecule is C=CC(=O)Nc1cc(Nc2ncc(C(=O)OC(C)C)c(-c3cn(C)c4ncccc34)n2)c(C)cc1N(C)CCN(C)C(=O)OC(C)(C)C.[U].[U].[U].[U]. The number of rotatable bonds is 11. The topological polar surface area (TPSA) is 144 Å². The van der Waals surface area contributed by atoms with E-state index in [4.69, 9.17) is 14.5 Å². The van der Waals surface area contributed by atoms with E-state index in [-0.39, 0.29) is 148 Å². The zero-order chi connectivity index (χ0) is 35.3. The van der Waals surface area contributed by atoms with Crippen LogP contribution in [0.2, 0.25) is 0 Å². The summed E-state index contributed by atoms with van der Waals surface area (Å²) < 4.78 is 12.9. The van der Waals surface area contributed by atoms with Gasteiger partial charge in [0, 0.05) is 194 Å². The molecule has 0 fully saturated rings. The predicted octanol–water partition coefficient (Wildman–Crippen LogP) is 6.08. The number of carbonyl (C=O) groups excluding carboxylic acids is 3. The van der Waals surface area contributed by atoms with E-state index < -0.39 is 17.7 Å². The van der Waals surface area contributed by atoms with Gasteiger partial charge in [-0.05, 0) is 77.4 Å². The zero-order valence-electron chi connectivity index (χ0n) is 31.0. The number of likely N-dealkylation sites (N-methyl/N-ethyl adjacent to an activating group) is 2. The molecule has 3 heterocycles. The van der Waals surface area contributed by atoms with Crippen LogP contribution in [0.3, 0.4) is 0 Å². The second-order valence-corrected chi connectivity index (χ2v) is 12.8. The van der Waals surface area contributed by atoms with Crippen molar-refractivity contribution in [2.24, 2.45) is 7.05 Å². The molecule has 0 bridgehead atoms. The molecule has 2 N–H and O–H groups in total. The summed E-state index contributed by atoms with van der Waals surface area (Å²) in [5.74, 6) is -0.694. The van der Waals surface area contributed by atoms with Crippen LogP contribution < -0.4 is 15.5 Å². The molecule has 0 aliphatic heterocycles. The number of fused-ring (bicyclic) bond motifs is 1. The minimum atomic E-state index is -0.604. The van der Waals surface area contributed by atoms with Crippen LogP contribution in [0.5, 0.6) is 0 Å². The summed E-state index contributed by atoms with van der Waals surface area (Å²) in [4.78, 5) is 55.3. The van der Waals surface area contributed by atoms with E-state index >= 15 is 0 Å². The molecule has 4 rings (SSSR count). The van der Waals surface area contributed by atoms with Crippen LogP contribution >= 0.6 is 0 Å². The molecule has 0 unspecified atom stereocenters. The van der Waals surface area contributed by atoms with Gasteiger partial charge in [0.1, 0.15) is 16.8 Å². The fourth-order valence-electron chi connectivity index (χ4n) is 4.87. The van der Waals surface area contributed by atoms with Crippen molar-refractivity contribution in [3.05, 3.63) is 66.6 Å². The Balaban J connectivity index is 0.00000650. The molecule has 0 radical (unpaired) electrons. The summed E-state index contributed by atoms with van der Waals surface area (Å²) in [6, 6.07) is 7.45. The molecule has 3 aromatic heterocycles. The van der Waals surface area contributed by atoms with Gasteiger partial charge in [0.2, 0.25) is 11.9 Å². The average Bonchev–Trinajstić information content (AvgIpc) is 3.35. The van der Waals surface area contributed by atoms with Crippen LogP contribution in [-0.4, -0.2) is 81.3 Å². The Morgan fingerprint density at radius 3 is 2.33 bits per heavy atom. The number of nitrogens with zero attached hydrogens (tertiary/aromatic N) is 6. The normalized spacial score (nSPS) is 10.4. The van der Waals surface area contributed by atoms with Gasteiger partial charge >= 0.3 is 12.1 Å². The molecule has 270 valence electrons. The number of pyridine rings is 1. The second-order valence-electron chi connectivity index (χ2n) is 12.8. The molecule has 1 aromatic carbocycles. The van der Waals surface area contributed by atoms with E-state index in [9.17, 15) is 14.4 Å². The molecule has 0 atom stereocenters. The standard InChI is InChI=1S/C35H44N8O5.4U/c1-11-29(44)38-27-18-26(22(4)17-28(27)41(8)15-16-42(9)34(46)48-35(5,6)7)39-33-37-19-24(32(45)47-21(2)3)30(40-33)25-20-43(10)31-23(25)13-12-14-36-31;;;;/h11-14,17-21H,1,15-16H2,2-10H3,(H,38,44)(H,37,39,40);;;;. The molecule has 17 heteroatoms. The molecule has 0 saturated carbocycles. The monoisotopic (exact) mass is 1610 g/mol. The van der Waals surface area contributed by atoms with Crippen LogP contribution in [0, 0.1) is 131 Å². The van der Waals surface area contributed by atoms with Crippen molar-refractivity contribution < 1.29 is 148 Å². The fraction of sp³-hybridized carbons (Fsp3) is 0.371. The largest absolute Gasteiger partial charge is 0.459 e. The van der Waals surface area contributed by atoms with Crippen molar-refractivity contribution in [1.82, 2.24) is 24.4 Å². The molecule has 52 heavy (non-hydrogen) atoms. The number of anilines is 4. The summed E-state index contributed by atoms with van der Waals surface area (Å²) >= 11 is 0. The van der Waals surface area contributed by atoms with E-state index in [0.717, 1.165) is 22.3 Å². The van der Waals surface area contributed by atoms with Gasteiger partial charge in [-0.3, -0.25) is 4.79 Å². The van der Waals surface area contributed by atoms with Crippen LogP contribution in [0.25, 0.3) is 22.3 Å².